The van der Waals surface area contributed by atoms with Crippen molar-refractivity contribution in [2.45, 2.75) is 31.5 Å². The summed E-state index contributed by atoms with van der Waals surface area (Å²) in [7, 11) is 0. The molecule has 2 fully saturated rings. The van der Waals surface area contributed by atoms with Crippen molar-refractivity contribution in [3.8, 4) is 5.69 Å². The fraction of sp³-hybridized carbons (Fsp3) is 0.280. The molecule has 2 saturated heterocycles. The molecule has 2 bridgehead atoms. The van der Waals surface area contributed by atoms with Crippen LogP contribution in [0, 0.1) is 0 Å². The Hall–Kier alpha value is -3.38. The first kappa shape index (κ1) is 18.4. The van der Waals surface area contributed by atoms with Crippen LogP contribution >= 0.6 is 0 Å². The maximum absolute atomic E-state index is 5.10. The van der Waals surface area contributed by atoms with E-state index in [2.05, 4.69) is 86.7 Å². The zero-order valence-corrected chi connectivity index (χ0v) is 17.6. The second-order valence-corrected chi connectivity index (χ2v) is 8.58. The molecule has 2 aromatic heterocycles. The van der Waals surface area contributed by atoms with E-state index in [0.29, 0.717) is 12.1 Å². The zero-order valence-electron chi connectivity index (χ0n) is 17.6. The molecule has 0 spiro atoms. The third-order valence-electron chi connectivity index (χ3n) is 6.55. The van der Waals surface area contributed by atoms with E-state index in [0.717, 1.165) is 35.9 Å². The van der Waals surface area contributed by atoms with Gasteiger partial charge in [-0.2, -0.15) is 0 Å². The van der Waals surface area contributed by atoms with Crippen molar-refractivity contribution in [1.29, 1.82) is 0 Å². The Morgan fingerprint density at radius 3 is 2.71 bits per heavy atom. The molecular weight excluding hydrogens is 384 g/mol. The first-order valence-electron chi connectivity index (χ1n) is 11.0. The number of fused-ring (bicyclic) bond motifs is 3. The summed E-state index contributed by atoms with van der Waals surface area (Å²) in [5.74, 6) is 1.94. The number of hydrogen-bond acceptors (Lipinski definition) is 5. The van der Waals surface area contributed by atoms with Crippen molar-refractivity contribution in [2.75, 3.05) is 23.3 Å². The fourth-order valence-electron chi connectivity index (χ4n) is 4.96. The maximum Gasteiger partial charge on any atom is 0.159 e. The molecule has 4 aromatic rings. The third kappa shape index (κ3) is 3.24. The van der Waals surface area contributed by atoms with E-state index >= 15 is 0 Å². The van der Waals surface area contributed by atoms with Crippen LogP contribution in [0.15, 0.2) is 72.9 Å². The lowest BCUT2D eigenvalue weighted by Gasteiger charge is -2.27. The van der Waals surface area contributed by atoms with Crippen molar-refractivity contribution >= 4 is 22.5 Å². The normalized spacial score (nSPS) is 21.0. The molecule has 6 nitrogen and oxygen atoms in total. The molecule has 3 atom stereocenters. The van der Waals surface area contributed by atoms with Crippen LogP contribution in [0.3, 0.4) is 0 Å². The Morgan fingerprint density at radius 2 is 1.90 bits per heavy atom. The van der Waals surface area contributed by atoms with E-state index in [1.807, 2.05) is 18.3 Å². The van der Waals surface area contributed by atoms with Crippen LogP contribution in [0.1, 0.15) is 24.9 Å². The molecule has 4 heterocycles. The minimum Gasteiger partial charge on any atom is -0.363 e. The molecule has 31 heavy (non-hydrogen) atoms. The predicted molar refractivity (Wildman–Crippen MR) is 125 cm³/mol. The average Bonchev–Trinajstić information content (AvgIpc) is 3.54. The van der Waals surface area contributed by atoms with Crippen LogP contribution in [0.2, 0.25) is 0 Å². The van der Waals surface area contributed by atoms with Gasteiger partial charge < -0.3 is 15.5 Å². The number of benzene rings is 2. The number of rotatable bonds is 5. The molecule has 2 aliphatic heterocycles. The van der Waals surface area contributed by atoms with Gasteiger partial charge in [0, 0.05) is 48.9 Å². The second kappa shape index (κ2) is 7.39. The van der Waals surface area contributed by atoms with Crippen LogP contribution in [-0.4, -0.2) is 39.9 Å². The number of anilines is 2. The summed E-state index contributed by atoms with van der Waals surface area (Å²) in [5.41, 5.74) is 3.38. The summed E-state index contributed by atoms with van der Waals surface area (Å²) in [5, 5.41) is 13.4. The Bertz CT molecular complexity index is 1220. The molecule has 6 rings (SSSR count). The highest BCUT2D eigenvalue weighted by Crippen LogP contribution is 2.35. The molecule has 0 amide bonds. The van der Waals surface area contributed by atoms with Gasteiger partial charge in [0.15, 0.2) is 5.82 Å². The number of aromatic nitrogens is 3. The lowest BCUT2D eigenvalue weighted by molar-refractivity contribution is 0.575. The van der Waals surface area contributed by atoms with E-state index in [4.69, 9.17) is 5.10 Å². The van der Waals surface area contributed by atoms with Crippen LogP contribution in [-0.2, 0) is 0 Å². The minimum atomic E-state index is 0.168. The standard InChI is InChI=1S/C25H26N6/c1-17(18-7-3-2-4-8-18)28-24-14-20(11-12-26-24)31-23-10-6-5-9-22(23)25(29-31)30-16-19-13-21(30)15-27-19/h2-12,14,17,19,21,27H,13,15-16H2,1H3,(H,26,28)/t17?,19?,21-/m0/s1. The summed E-state index contributed by atoms with van der Waals surface area (Å²) in [6.45, 7) is 4.23. The van der Waals surface area contributed by atoms with E-state index in [1.165, 1.54) is 17.4 Å². The molecule has 2 aliphatic rings. The molecule has 0 radical (unpaired) electrons. The van der Waals surface area contributed by atoms with E-state index < -0.39 is 0 Å². The summed E-state index contributed by atoms with van der Waals surface area (Å²) in [4.78, 5) is 7.04. The summed E-state index contributed by atoms with van der Waals surface area (Å²) < 4.78 is 2.06. The van der Waals surface area contributed by atoms with E-state index in [-0.39, 0.29) is 6.04 Å². The highest BCUT2D eigenvalue weighted by molar-refractivity contribution is 5.92. The summed E-state index contributed by atoms with van der Waals surface area (Å²) in [6.07, 6.45) is 3.06. The van der Waals surface area contributed by atoms with Crippen molar-refractivity contribution in [2.24, 2.45) is 0 Å². The zero-order chi connectivity index (χ0) is 20.8. The largest absolute Gasteiger partial charge is 0.363 e. The fourth-order valence-corrected chi connectivity index (χ4v) is 4.96. The van der Waals surface area contributed by atoms with Gasteiger partial charge in [-0.3, -0.25) is 0 Å². The van der Waals surface area contributed by atoms with Gasteiger partial charge in [-0.15, -0.1) is 5.10 Å². The smallest absolute Gasteiger partial charge is 0.159 e. The number of pyridine rings is 1. The highest BCUT2D eigenvalue weighted by Gasteiger charge is 2.39. The van der Waals surface area contributed by atoms with Gasteiger partial charge in [0.2, 0.25) is 0 Å². The number of piperazine rings is 1. The topological polar surface area (TPSA) is 58.0 Å². The minimum absolute atomic E-state index is 0.168. The Kier molecular flexibility index (Phi) is 4.39. The monoisotopic (exact) mass is 410 g/mol. The molecule has 156 valence electrons. The first-order valence-corrected chi connectivity index (χ1v) is 11.0. The van der Waals surface area contributed by atoms with E-state index in [9.17, 15) is 0 Å². The van der Waals surface area contributed by atoms with Crippen molar-refractivity contribution < 1.29 is 0 Å². The van der Waals surface area contributed by atoms with Crippen LogP contribution in [0.4, 0.5) is 11.6 Å². The van der Waals surface area contributed by atoms with Crippen molar-refractivity contribution in [1.82, 2.24) is 20.1 Å². The second-order valence-electron chi connectivity index (χ2n) is 8.58. The average molecular weight is 411 g/mol. The molecule has 2 N–H and O–H groups in total. The Labute approximate surface area is 181 Å². The van der Waals surface area contributed by atoms with Gasteiger partial charge in [0.25, 0.3) is 0 Å². The van der Waals surface area contributed by atoms with Gasteiger partial charge in [0.1, 0.15) is 5.82 Å². The summed E-state index contributed by atoms with van der Waals surface area (Å²) in [6, 6.07) is 24.4. The quantitative estimate of drug-likeness (QED) is 0.518. The van der Waals surface area contributed by atoms with Gasteiger partial charge in [-0.05, 0) is 37.1 Å². The van der Waals surface area contributed by atoms with Gasteiger partial charge >= 0.3 is 0 Å². The number of para-hydroxylation sites is 1. The number of hydrogen-bond donors (Lipinski definition) is 2. The lowest BCUT2D eigenvalue weighted by Crippen LogP contribution is -2.43. The molecule has 6 heteroatoms. The van der Waals surface area contributed by atoms with Crippen LogP contribution < -0.4 is 15.5 Å². The first-order chi connectivity index (χ1) is 15.3. The van der Waals surface area contributed by atoms with Crippen molar-refractivity contribution in [3.63, 3.8) is 0 Å². The van der Waals surface area contributed by atoms with Crippen LogP contribution in [0.5, 0.6) is 0 Å². The predicted octanol–water partition coefficient (Wildman–Crippen LogP) is 4.14. The molecule has 2 aromatic carbocycles. The van der Waals surface area contributed by atoms with Gasteiger partial charge in [-0.25, -0.2) is 9.67 Å². The number of nitrogens with one attached hydrogen (secondary N) is 2. The lowest BCUT2D eigenvalue weighted by atomic mass is 10.1. The molecular formula is C25H26N6. The van der Waals surface area contributed by atoms with Crippen molar-refractivity contribution in [3.05, 3.63) is 78.5 Å². The highest BCUT2D eigenvalue weighted by atomic mass is 15.4. The SMILES string of the molecule is CC(Nc1cc(-n2nc(N3CC4C[C@H]3CN4)c3ccccc32)ccn1)c1ccccc1. The maximum atomic E-state index is 5.10. The summed E-state index contributed by atoms with van der Waals surface area (Å²) >= 11 is 0. The van der Waals surface area contributed by atoms with E-state index in [1.54, 1.807) is 0 Å². The molecule has 0 saturated carbocycles. The third-order valence-corrected chi connectivity index (χ3v) is 6.55. The Morgan fingerprint density at radius 1 is 1.06 bits per heavy atom. The van der Waals surface area contributed by atoms with Gasteiger partial charge in [-0.1, -0.05) is 42.5 Å². The van der Waals surface area contributed by atoms with Crippen LogP contribution in [0.25, 0.3) is 16.6 Å². The Balaban J connectivity index is 1.36. The molecule has 2 unspecified atom stereocenters. The molecule has 0 aliphatic carbocycles. The van der Waals surface area contributed by atoms with Gasteiger partial charge in [0.05, 0.1) is 11.2 Å². The number of nitrogens with zero attached hydrogens (tertiary/aromatic N) is 4.